The van der Waals surface area contributed by atoms with Gasteiger partial charge in [-0.2, -0.15) is 0 Å². The molecule has 0 radical (unpaired) electrons. The zero-order valence-electron chi connectivity index (χ0n) is 10.6. The monoisotopic (exact) mass is 229 g/mol. The zero-order chi connectivity index (χ0) is 12.3. The lowest BCUT2D eigenvalue weighted by Gasteiger charge is -2.28. The quantitative estimate of drug-likeness (QED) is 0.873. The Bertz CT molecular complexity index is 443. The van der Waals surface area contributed by atoms with Gasteiger partial charge in [0.15, 0.2) is 0 Å². The van der Waals surface area contributed by atoms with E-state index in [2.05, 4.69) is 59.9 Å². The molecule has 17 heavy (non-hydrogen) atoms. The number of nitrogens with zero attached hydrogens (tertiary/aromatic N) is 2. The Morgan fingerprint density at radius 2 is 1.94 bits per heavy atom. The van der Waals surface area contributed by atoms with Crippen LogP contribution in [0, 0.1) is 6.92 Å². The number of aromatic amines is 1. The Morgan fingerprint density at radius 1 is 1.24 bits per heavy atom. The summed E-state index contributed by atoms with van der Waals surface area (Å²) in [5, 5.41) is 0. The van der Waals surface area contributed by atoms with Crippen LogP contribution in [0.15, 0.2) is 36.8 Å². The molecule has 3 heteroatoms. The maximum Gasteiger partial charge on any atom is 0.0922 e. The van der Waals surface area contributed by atoms with Crippen LogP contribution < -0.4 is 4.90 Å². The molecule has 2 aromatic rings. The summed E-state index contributed by atoms with van der Waals surface area (Å²) in [6.45, 7) is 7.38. The highest BCUT2D eigenvalue weighted by Crippen LogP contribution is 2.19. The third-order valence-electron chi connectivity index (χ3n) is 2.88. The fraction of sp³-hybridized carbons (Fsp3) is 0.357. The lowest BCUT2D eigenvalue weighted by Crippen LogP contribution is -2.30. The summed E-state index contributed by atoms with van der Waals surface area (Å²) < 4.78 is 0. The molecule has 0 spiro atoms. The first-order valence-electron chi connectivity index (χ1n) is 5.97. The number of aromatic nitrogens is 2. The molecule has 1 heterocycles. The van der Waals surface area contributed by atoms with E-state index in [9.17, 15) is 0 Å². The van der Waals surface area contributed by atoms with E-state index >= 15 is 0 Å². The van der Waals surface area contributed by atoms with Gasteiger partial charge in [0, 0.05) is 17.9 Å². The fourth-order valence-electron chi connectivity index (χ4n) is 1.86. The first-order valence-corrected chi connectivity index (χ1v) is 5.97. The van der Waals surface area contributed by atoms with Crippen molar-refractivity contribution < 1.29 is 0 Å². The van der Waals surface area contributed by atoms with Crippen molar-refractivity contribution in [2.75, 3.05) is 4.90 Å². The summed E-state index contributed by atoms with van der Waals surface area (Å²) in [5.74, 6) is 0. The molecule has 0 fully saturated rings. The molecule has 0 amide bonds. The molecule has 0 aliphatic rings. The van der Waals surface area contributed by atoms with Crippen LogP contribution in [0.4, 0.5) is 5.69 Å². The van der Waals surface area contributed by atoms with Crippen LogP contribution in [0.2, 0.25) is 0 Å². The second-order valence-corrected chi connectivity index (χ2v) is 4.63. The molecule has 3 nitrogen and oxygen atoms in total. The summed E-state index contributed by atoms with van der Waals surface area (Å²) in [5.41, 5.74) is 3.68. The number of aryl methyl sites for hydroxylation is 1. The van der Waals surface area contributed by atoms with Gasteiger partial charge in [-0.3, -0.25) is 0 Å². The molecule has 2 rings (SSSR count). The Morgan fingerprint density at radius 3 is 2.47 bits per heavy atom. The van der Waals surface area contributed by atoms with Gasteiger partial charge in [0.05, 0.1) is 18.6 Å². The smallest absolute Gasteiger partial charge is 0.0922 e. The maximum absolute atomic E-state index is 4.06. The van der Waals surface area contributed by atoms with Crippen LogP contribution in [0.3, 0.4) is 0 Å². The van der Waals surface area contributed by atoms with Crippen molar-refractivity contribution in [1.29, 1.82) is 0 Å². The Labute approximate surface area is 103 Å². The van der Waals surface area contributed by atoms with Crippen LogP contribution in [0.5, 0.6) is 0 Å². The van der Waals surface area contributed by atoms with E-state index in [-0.39, 0.29) is 0 Å². The predicted octanol–water partition coefficient (Wildman–Crippen LogP) is 3.13. The van der Waals surface area contributed by atoms with E-state index in [1.54, 1.807) is 6.33 Å². The Kier molecular flexibility index (Phi) is 3.47. The summed E-state index contributed by atoms with van der Waals surface area (Å²) in [7, 11) is 0. The minimum absolute atomic E-state index is 0.459. The van der Waals surface area contributed by atoms with Gasteiger partial charge in [0.1, 0.15) is 0 Å². The van der Waals surface area contributed by atoms with Crippen molar-refractivity contribution in [3.8, 4) is 0 Å². The van der Waals surface area contributed by atoms with Crippen molar-refractivity contribution in [3.05, 3.63) is 48.0 Å². The molecule has 0 unspecified atom stereocenters. The maximum atomic E-state index is 4.06. The molecular weight excluding hydrogens is 210 g/mol. The summed E-state index contributed by atoms with van der Waals surface area (Å²) in [4.78, 5) is 9.57. The molecule has 0 saturated heterocycles. The van der Waals surface area contributed by atoms with E-state index in [0.29, 0.717) is 6.04 Å². The molecule has 0 saturated carbocycles. The molecule has 0 bridgehead atoms. The molecule has 0 aliphatic heterocycles. The van der Waals surface area contributed by atoms with Gasteiger partial charge < -0.3 is 9.88 Å². The van der Waals surface area contributed by atoms with Crippen LogP contribution in [0.25, 0.3) is 0 Å². The summed E-state index contributed by atoms with van der Waals surface area (Å²) >= 11 is 0. The van der Waals surface area contributed by atoms with Crippen molar-refractivity contribution >= 4 is 5.69 Å². The Hall–Kier alpha value is -1.77. The SMILES string of the molecule is Cc1ccc(N(Cc2cnc[nH]2)C(C)C)cc1. The van der Waals surface area contributed by atoms with E-state index in [0.717, 1.165) is 12.2 Å². The fourth-order valence-corrected chi connectivity index (χ4v) is 1.86. The van der Waals surface area contributed by atoms with Crippen molar-refractivity contribution in [3.63, 3.8) is 0 Å². The largest absolute Gasteiger partial charge is 0.363 e. The number of hydrogen-bond donors (Lipinski definition) is 1. The highest BCUT2D eigenvalue weighted by Gasteiger charge is 2.11. The van der Waals surface area contributed by atoms with Gasteiger partial charge in [-0.25, -0.2) is 4.98 Å². The van der Waals surface area contributed by atoms with E-state index in [1.165, 1.54) is 11.3 Å². The number of hydrogen-bond acceptors (Lipinski definition) is 2. The van der Waals surface area contributed by atoms with Crippen LogP contribution in [-0.2, 0) is 6.54 Å². The zero-order valence-corrected chi connectivity index (χ0v) is 10.6. The van der Waals surface area contributed by atoms with Gasteiger partial charge >= 0.3 is 0 Å². The van der Waals surface area contributed by atoms with E-state index in [4.69, 9.17) is 0 Å². The van der Waals surface area contributed by atoms with Crippen molar-refractivity contribution in [1.82, 2.24) is 9.97 Å². The van der Waals surface area contributed by atoms with Crippen molar-refractivity contribution in [2.24, 2.45) is 0 Å². The molecule has 90 valence electrons. The summed E-state index contributed by atoms with van der Waals surface area (Å²) in [6, 6.07) is 9.10. The highest BCUT2D eigenvalue weighted by atomic mass is 15.2. The molecule has 1 N–H and O–H groups in total. The second kappa shape index (κ2) is 5.04. The molecular formula is C14H19N3. The third kappa shape index (κ3) is 2.87. The number of benzene rings is 1. The highest BCUT2D eigenvalue weighted by molar-refractivity contribution is 5.48. The normalized spacial score (nSPS) is 10.8. The second-order valence-electron chi connectivity index (χ2n) is 4.63. The van der Waals surface area contributed by atoms with Gasteiger partial charge in [0.25, 0.3) is 0 Å². The van der Waals surface area contributed by atoms with Gasteiger partial charge in [-0.1, -0.05) is 17.7 Å². The van der Waals surface area contributed by atoms with Crippen LogP contribution in [-0.4, -0.2) is 16.0 Å². The number of nitrogens with one attached hydrogen (secondary N) is 1. The average Bonchev–Trinajstić information content (AvgIpc) is 2.80. The standard InChI is InChI=1S/C14H19N3/c1-11(2)17(9-13-8-15-10-16-13)14-6-4-12(3)5-7-14/h4-8,10-11H,9H2,1-3H3,(H,15,16). The van der Waals surface area contributed by atoms with Crippen LogP contribution >= 0.6 is 0 Å². The third-order valence-corrected chi connectivity index (χ3v) is 2.88. The number of anilines is 1. The van der Waals surface area contributed by atoms with Gasteiger partial charge in [-0.15, -0.1) is 0 Å². The topological polar surface area (TPSA) is 31.9 Å². The first kappa shape index (κ1) is 11.7. The van der Waals surface area contributed by atoms with E-state index < -0.39 is 0 Å². The van der Waals surface area contributed by atoms with Gasteiger partial charge in [0.2, 0.25) is 0 Å². The van der Waals surface area contributed by atoms with Crippen molar-refractivity contribution in [2.45, 2.75) is 33.4 Å². The molecule has 0 atom stereocenters. The molecule has 0 aliphatic carbocycles. The van der Waals surface area contributed by atoms with Gasteiger partial charge in [-0.05, 0) is 32.9 Å². The van der Waals surface area contributed by atoms with Crippen LogP contribution in [0.1, 0.15) is 25.1 Å². The summed E-state index contributed by atoms with van der Waals surface area (Å²) in [6.07, 6.45) is 3.60. The number of rotatable bonds is 4. The number of H-pyrrole nitrogens is 1. The Balaban J connectivity index is 2.20. The average molecular weight is 229 g/mol. The van der Waals surface area contributed by atoms with E-state index in [1.807, 2.05) is 6.20 Å². The first-order chi connectivity index (χ1) is 8.16. The lowest BCUT2D eigenvalue weighted by atomic mass is 10.2. The minimum Gasteiger partial charge on any atom is -0.363 e. The lowest BCUT2D eigenvalue weighted by molar-refractivity contribution is 0.675. The molecule has 1 aromatic carbocycles. The molecule has 1 aromatic heterocycles. The minimum atomic E-state index is 0.459. The predicted molar refractivity (Wildman–Crippen MR) is 71.1 cm³/mol. The number of imidazole rings is 1.